The molecular weight excluding hydrogens is 258 g/mol. The number of likely N-dealkylation sites (N-methyl/N-ethyl adjacent to an activating group) is 1. The first kappa shape index (κ1) is 10.5. The van der Waals surface area contributed by atoms with Gasteiger partial charge in [0.1, 0.15) is 0 Å². The molecule has 1 aromatic carbocycles. The minimum Gasteiger partial charge on any atom is -0.465 e. The van der Waals surface area contributed by atoms with Crippen LogP contribution in [0.1, 0.15) is 15.9 Å². The molecule has 4 heteroatoms. The van der Waals surface area contributed by atoms with Gasteiger partial charge in [-0.3, -0.25) is 0 Å². The van der Waals surface area contributed by atoms with Crippen LogP contribution < -0.4 is 4.90 Å². The molecule has 0 fully saturated rings. The summed E-state index contributed by atoms with van der Waals surface area (Å²) < 4.78 is 5.66. The van der Waals surface area contributed by atoms with E-state index in [0.29, 0.717) is 5.56 Å². The topological polar surface area (TPSA) is 29.5 Å². The number of anilines is 1. The fourth-order valence-electron chi connectivity index (χ4n) is 1.91. The molecule has 0 N–H and O–H groups in total. The van der Waals surface area contributed by atoms with Gasteiger partial charge < -0.3 is 9.64 Å². The molecule has 1 aliphatic heterocycles. The van der Waals surface area contributed by atoms with Crippen molar-refractivity contribution in [3.8, 4) is 0 Å². The van der Waals surface area contributed by atoms with Crippen LogP contribution in [0.3, 0.4) is 0 Å². The summed E-state index contributed by atoms with van der Waals surface area (Å²) in [4.78, 5) is 13.6. The van der Waals surface area contributed by atoms with E-state index >= 15 is 0 Å². The number of esters is 1. The van der Waals surface area contributed by atoms with Crippen molar-refractivity contribution in [2.75, 3.05) is 25.6 Å². The second kappa shape index (κ2) is 3.85. The van der Waals surface area contributed by atoms with Gasteiger partial charge in [0.25, 0.3) is 0 Å². The molecule has 0 saturated heterocycles. The second-order valence-electron chi connectivity index (χ2n) is 3.63. The number of nitrogens with zero attached hydrogens (tertiary/aromatic N) is 1. The smallest absolute Gasteiger partial charge is 0.337 e. The molecule has 1 heterocycles. The fourth-order valence-corrected chi connectivity index (χ4v) is 2.71. The summed E-state index contributed by atoms with van der Waals surface area (Å²) in [5.74, 6) is -0.284. The predicted octanol–water partition coefficient (Wildman–Crippen LogP) is 2.23. The lowest BCUT2D eigenvalue weighted by Crippen LogP contribution is -2.13. The molecule has 0 radical (unpaired) electrons. The molecule has 80 valence electrons. The Labute approximate surface area is 97.2 Å². The Morgan fingerprint density at radius 2 is 2.27 bits per heavy atom. The van der Waals surface area contributed by atoms with Crippen LogP contribution in [0, 0.1) is 0 Å². The van der Waals surface area contributed by atoms with Gasteiger partial charge in [-0.2, -0.15) is 0 Å². The van der Waals surface area contributed by atoms with Gasteiger partial charge >= 0.3 is 5.97 Å². The molecule has 3 nitrogen and oxygen atoms in total. The van der Waals surface area contributed by atoms with Gasteiger partial charge in [-0.05, 0) is 40.0 Å². The summed E-state index contributed by atoms with van der Waals surface area (Å²) in [5, 5.41) is 0. The SMILES string of the molecule is COC(=O)c1cc(Br)c2c(c1)CCN2C. The first-order chi connectivity index (χ1) is 7.13. The van der Waals surface area contributed by atoms with Crippen LogP contribution in [0.25, 0.3) is 0 Å². The molecule has 0 unspecified atom stereocenters. The van der Waals surface area contributed by atoms with Crippen molar-refractivity contribution in [1.82, 2.24) is 0 Å². The molecule has 0 aromatic heterocycles. The minimum atomic E-state index is -0.284. The van der Waals surface area contributed by atoms with Gasteiger partial charge in [0.05, 0.1) is 18.4 Å². The Kier molecular flexibility index (Phi) is 2.69. The number of carbonyl (C=O) groups is 1. The van der Waals surface area contributed by atoms with E-state index in [4.69, 9.17) is 4.74 Å². The third-order valence-electron chi connectivity index (χ3n) is 2.66. The Hall–Kier alpha value is -1.03. The number of carbonyl (C=O) groups excluding carboxylic acids is 1. The number of methoxy groups -OCH3 is 1. The highest BCUT2D eigenvalue weighted by Gasteiger charge is 2.21. The molecule has 1 aromatic rings. The molecule has 0 spiro atoms. The Balaban J connectivity index is 2.49. The molecule has 0 saturated carbocycles. The number of hydrogen-bond donors (Lipinski definition) is 0. The molecular formula is C11H12BrNO2. The van der Waals surface area contributed by atoms with E-state index in [0.717, 1.165) is 17.4 Å². The van der Waals surface area contributed by atoms with Gasteiger partial charge in [-0.1, -0.05) is 0 Å². The van der Waals surface area contributed by atoms with Crippen LogP contribution in [0.2, 0.25) is 0 Å². The molecule has 0 atom stereocenters. The second-order valence-corrected chi connectivity index (χ2v) is 4.48. The number of fused-ring (bicyclic) bond motifs is 1. The number of hydrogen-bond acceptors (Lipinski definition) is 3. The highest BCUT2D eigenvalue weighted by Crippen LogP contribution is 2.35. The summed E-state index contributed by atoms with van der Waals surface area (Å²) in [5.41, 5.74) is 2.99. The van der Waals surface area contributed by atoms with E-state index < -0.39 is 0 Å². The van der Waals surface area contributed by atoms with E-state index in [1.165, 1.54) is 18.4 Å². The largest absolute Gasteiger partial charge is 0.465 e. The van der Waals surface area contributed by atoms with E-state index in [1.54, 1.807) is 0 Å². The first-order valence-corrected chi connectivity index (χ1v) is 5.54. The van der Waals surface area contributed by atoms with Crippen molar-refractivity contribution in [3.63, 3.8) is 0 Å². The van der Waals surface area contributed by atoms with Crippen LogP contribution in [-0.2, 0) is 11.2 Å². The highest BCUT2D eigenvalue weighted by atomic mass is 79.9. The molecule has 0 aliphatic carbocycles. The zero-order valence-corrected chi connectivity index (χ0v) is 10.3. The Bertz CT molecular complexity index is 417. The van der Waals surface area contributed by atoms with Gasteiger partial charge in [0.15, 0.2) is 0 Å². The van der Waals surface area contributed by atoms with Crippen LogP contribution >= 0.6 is 15.9 Å². The quantitative estimate of drug-likeness (QED) is 0.733. The zero-order valence-electron chi connectivity index (χ0n) is 8.71. The van der Waals surface area contributed by atoms with E-state index in [-0.39, 0.29) is 5.97 Å². The average Bonchev–Trinajstić information content (AvgIpc) is 2.59. The summed E-state index contributed by atoms with van der Waals surface area (Å²) in [6.07, 6.45) is 0.981. The van der Waals surface area contributed by atoms with Gasteiger partial charge in [-0.15, -0.1) is 0 Å². The van der Waals surface area contributed by atoms with E-state index in [2.05, 4.69) is 27.9 Å². The van der Waals surface area contributed by atoms with Crippen molar-refractivity contribution in [3.05, 3.63) is 27.7 Å². The lowest BCUT2D eigenvalue weighted by atomic mass is 10.1. The van der Waals surface area contributed by atoms with Gasteiger partial charge in [0, 0.05) is 18.1 Å². The molecule has 0 amide bonds. The average molecular weight is 270 g/mol. The molecule has 0 bridgehead atoms. The fraction of sp³-hybridized carbons (Fsp3) is 0.364. The van der Waals surface area contributed by atoms with Crippen LogP contribution in [-0.4, -0.2) is 26.7 Å². The van der Waals surface area contributed by atoms with E-state index in [1.807, 2.05) is 12.1 Å². The third-order valence-corrected chi connectivity index (χ3v) is 3.27. The van der Waals surface area contributed by atoms with Gasteiger partial charge in [-0.25, -0.2) is 4.79 Å². The predicted molar refractivity (Wildman–Crippen MR) is 62.5 cm³/mol. The lowest BCUT2D eigenvalue weighted by molar-refractivity contribution is 0.0600. The summed E-state index contributed by atoms with van der Waals surface area (Å²) >= 11 is 3.49. The maximum atomic E-state index is 11.4. The standard InChI is InChI=1S/C11H12BrNO2/c1-13-4-3-7-5-8(11(14)15-2)6-9(12)10(7)13/h5-6H,3-4H2,1-2H3. The summed E-state index contributed by atoms with van der Waals surface area (Å²) in [7, 11) is 3.45. The van der Waals surface area contributed by atoms with Crippen molar-refractivity contribution in [2.24, 2.45) is 0 Å². The van der Waals surface area contributed by atoms with Crippen LogP contribution in [0.4, 0.5) is 5.69 Å². The van der Waals surface area contributed by atoms with Crippen molar-refractivity contribution < 1.29 is 9.53 Å². The zero-order chi connectivity index (χ0) is 11.0. The number of ether oxygens (including phenoxy) is 1. The normalized spacial score (nSPS) is 13.9. The third kappa shape index (κ3) is 1.74. The molecule has 1 aliphatic rings. The van der Waals surface area contributed by atoms with Crippen LogP contribution in [0.15, 0.2) is 16.6 Å². The van der Waals surface area contributed by atoms with Crippen molar-refractivity contribution in [1.29, 1.82) is 0 Å². The summed E-state index contributed by atoms with van der Waals surface area (Å²) in [6, 6.07) is 3.72. The highest BCUT2D eigenvalue weighted by molar-refractivity contribution is 9.10. The summed E-state index contributed by atoms with van der Waals surface area (Å²) in [6.45, 7) is 0.999. The van der Waals surface area contributed by atoms with Crippen LogP contribution in [0.5, 0.6) is 0 Å². The molecule has 15 heavy (non-hydrogen) atoms. The van der Waals surface area contributed by atoms with Crippen molar-refractivity contribution >= 4 is 27.6 Å². The molecule has 2 rings (SSSR count). The monoisotopic (exact) mass is 269 g/mol. The minimum absolute atomic E-state index is 0.284. The number of halogens is 1. The first-order valence-electron chi connectivity index (χ1n) is 4.75. The Morgan fingerprint density at radius 3 is 2.93 bits per heavy atom. The number of benzene rings is 1. The van der Waals surface area contributed by atoms with Gasteiger partial charge in [0.2, 0.25) is 0 Å². The number of rotatable bonds is 1. The van der Waals surface area contributed by atoms with E-state index in [9.17, 15) is 4.79 Å². The maximum absolute atomic E-state index is 11.4. The Morgan fingerprint density at radius 1 is 1.53 bits per heavy atom. The maximum Gasteiger partial charge on any atom is 0.337 e. The lowest BCUT2D eigenvalue weighted by Gasteiger charge is -2.14. The van der Waals surface area contributed by atoms with Crippen molar-refractivity contribution in [2.45, 2.75) is 6.42 Å².